The van der Waals surface area contributed by atoms with Crippen molar-refractivity contribution in [1.82, 2.24) is 10.6 Å². The van der Waals surface area contributed by atoms with Gasteiger partial charge in [0.25, 0.3) is 5.91 Å². The van der Waals surface area contributed by atoms with E-state index in [-0.39, 0.29) is 24.8 Å². The maximum absolute atomic E-state index is 11.7. The van der Waals surface area contributed by atoms with E-state index in [4.69, 9.17) is 10.5 Å². The first-order valence-corrected chi connectivity index (χ1v) is 5.50. The Kier molecular flexibility index (Phi) is 4.98. The van der Waals surface area contributed by atoms with Gasteiger partial charge in [-0.25, -0.2) is 0 Å². The van der Waals surface area contributed by atoms with E-state index in [1.807, 2.05) is 0 Å². The van der Waals surface area contributed by atoms with Crippen molar-refractivity contribution in [3.63, 3.8) is 0 Å². The van der Waals surface area contributed by atoms with Crippen LogP contribution in [0.4, 0.5) is 5.69 Å². The molecule has 0 aliphatic carbocycles. The van der Waals surface area contributed by atoms with E-state index in [1.165, 1.54) is 13.2 Å². The molecule has 1 aromatic rings. The van der Waals surface area contributed by atoms with Crippen molar-refractivity contribution in [3.05, 3.63) is 23.8 Å². The van der Waals surface area contributed by atoms with Crippen molar-refractivity contribution >= 4 is 17.5 Å². The molecule has 98 valence electrons. The normalized spacial score (nSPS) is 9.67. The zero-order valence-electron chi connectivity index (χ0n) is 10.4. The molecule has 0 saturated heterocycles. The Balaban J connectivity index is 2.56. The summed E-state index contributed by atoms with van der Waals surface area (Å²) in [4.78, 5) is 22.7. The summed E-state index contributed by atoms with van der Waals surface area (Å²) in [7, 11) is 3.06. The summed E-state index contributed by atoms with van der Waals surface area (Å²) in [5.41, 5.74) is 6.53. The predicted molar refractivity (Wildman–Crippen MR) is 68.4 cm³/mol. The number of amides is 2. The molecule has 0 fully saturated rings. The summed E-state index contributed by atoms with van der Waals surface area (Å²) >= 11 is 0. The fourth-order valence-electron chi connectivity index (χ4n) is 1.39. The van der Waals surface area contributed by atoms with Crippen LogP contribution in [0.1, 0.15) is 16.8 Å². The van der Waals surface area contributed by atoms with Gasteiger partial charge in [-0.2, -0.15) is 0 Å². The topological polar surface area (TPSA) is 93.5 Å². The lowest BCUT2D eigenvalue weighted by atomic mass is 10.1. The van der Waals surface area contributed by atoms with Crippen LogP contribution >= 0.6 is 0 Å². The Hall–Kier alpha value is -2.24. The van der Waals surface area contributed by atoms with E-state index in [1.54, 1.807) is 19.2 Å². The van der Waals surface area contributed by atoms with Crippen molar-refractivity contribution in [2.45, 2.75) is 6.42 Å². The number of ether oxygens (including phenoxy) is 1. The highest BCUT2D eigenvalue weighted by atomic mass is 16.5. The highest BCUT2D eigenvalue weighted by Crippen LogP contribution is 2.21. The second-order valence-electron chi connectivity index (χ2n) is 3.64. The minimum absolute atomic E-state index is 0.121. The number of nitrogen functional groups attached to an aromatic ring is 1. The minimum Gasteiger partial charge on any atom is -0.495 e. The smallest absolute Gasteiger partial charge is 0.251 e. The van der Waals surface area contributed by atoms with E-state index < -0.39 is 0 Å². The molecule has 2 amide bonds. The van der Waals surface area contributed by atoms with Crippen molar-refractivity contribution < 1.29 is 14.3 Å². The van der Waals surface area contributed by atoms with Gasteiger partial charge < -0.3 is 21.1 Å². The van der Waals surface area contributed by atoms with Gasteiger partial charge in [0.15, 0.2) is 0 Å². The van der Waals surface area contributed by atoms with Gasteiger partial charge in [0.1, 0.15) is 5.75 Å². The van der Waals surface area contributed by atoms with Crippen LogP contribution in [-0.2, 0) is 4.79 Å². The lowest BCUT2D eigenvalue weighted by Gasteiger charge is -2.08. The van der Waals surface area contributed by atoms with Crippen LogP contribution in [0.15, 0.2) is 18.2 Å². The molecule has 0 unspecified atom stereocenters. The first kappa shape index (κ1) is 13.8. The fraction of sp³-hybridized carbons (Fsp3) is 0.333. The average Bonchev–Trinajstić information content (AvgIpc) is 2.38. The Bertz CT molecular complexity index is 446. The maximum Gasteiger partial charge on any atom is 0.251 e. The zero-order valence-corrected chi connectivity index (χ0v) is 10.4. The number of benzene rings is 1. The molecule has 18 heavy (non-hydrogen) atoms. The van der Waals surface area contributed by atoms with Crippen molar-refractivity contribution in [2.75, 3.05) is 26.4 Å². The number of hydrogen-bond acceptors (Lipinski definition) is 4. The van der Waals surface area contributed by atoms with Crippen LogP contribution in [0.2, 0.25) is 0 Å². The summed E-state index contributed by atoms with van der Waals surface area (Å²) in [5.74, 6) is 0.134. The number of methoxy groups -OCH3 is 1. The van der Waals surface area contributed by atoms with Crippen molar-refractivity contribution in [2.24, 2.45) is 0 Å². The molecule has 0 atom stereocenters. The molecule has 0 aliphatic rings. The highest BCUT2D eigenvalue weighted by molar-refractivity contribution is 5.95. The SMILES string of the molecule is CNC(=O)CCNC(=O)c1ccc(OC)c(N)c1. The highest BCUT2D eigenvalue weighted by Gasteiger charge is 2.08. The van der Waals surface area contributed by atoms with Crippen LogP contribution < -0.4 is 21.1 Å². The molecule has 6 heteroatoms. The molecular weight excluding hydrogens is 234 g/mol. The number of hydrogen-bond donors (Lipinski definition) is 3. The first-order valence-electron chi connectivity index (χ1n) is 5.50. The van der Waals surface area contributed by atoms with Gasteiger partial charge in [-0.3, -0.25) is 9.59 Å². The maximum atomic E-state index is 11.7. The molecule has 6 nitrogen and oxygen atoms in total. The largest absolute Gasteiger partial charge is 0.495 e. The monoisotopic (exact) mass is 251 g/mol. The van der Waals surface area contributed by atoms with Crippen LogP contribution in [0.5, 0.6) is 5.75 Å². The summed E-state index contributed by atoms with van der Waals surface area (Å²) in [6.07, 6.45) is 0.244. The number of rotatable bonds is 5. The number of nitrogens with one attached hydrogen (secondary N) is 2. The van der Waals surface area contributed by atoms with Gasteiger partial charge >= 0.3 is 0 Å². The molecule has 0 saturated carbocycles. The van der Waals surface area contributed by atoms with Gasteiger partial charge in [-0.05, 0) is 18.2 Å². The molecule has 0 spiro atoms. The second-order valence-corrected chi connectivity index (χ2v) is 3.64. The minimum atomic E-state index is -0.270. The van der Waals surface area contributed by atoms with Gasteiger partial charge in [0, 0.05) is 25.6 Å². The van der Waals surface area contributed by atoms with Crippen LogP contribution in [0.3, 0.4) is 0 Å². The van der Waals surface area contributed by atoms with E-state index >= 15 is 0 Å². The standard InChI is InChI=1S/C12H17N3O3/c1-14-11(16)5-6-15-12(17)8-3-4-10(18-2)9(13)7-8/h3-4,7H,5-6,13H2,1-2H3,(H,14,16)(H,15,17). The van der Waals surface area contributed by atoms with E-state index in [0.717, 1.165) is 0 Å². The Morgan fingerprint density at radius 2 is 2.11 bits per heavy atom. The molecule has 0 aromatic heterocycles. The van der Waals surface area contributed by atoms with E-state index in [9.17, 15) is 9.59 Å². The van der Waals surface area contributed by atoms with Crippen LogP contribution in [0, 0.1) is 0 Å². The summed E-state index contributed by atoms with van der Waals surface area (Å²) in [5, 5.41) is 5.11. The summed E-state index contributed by atoms with van der Waals surface area (Å²) < 4.78 is 5.00. The van der Waals surface area contributed by atoms with Gasteiger partial charge in [-0.1, -0.05) is 0 Å². The number of nitrogens with two attached hydrogens (primary N) is 1. The Morgan fingerprint density at radius 1 is 1.39 bits per heavy atom. The second kappa shape index (κ2) is 6.48. The molecule has 1 rings (SSSR count). The fourth-order valence-corrected chi connectivity index (χ4v) is 1.39. The molecular formula is C12H17N3O3. The first-order chi connectivity index (χ1) is 8.58. The molecule has 0 aliphatic heterocycles. The average molecular weight is 251 g/mol. The lowest BCUT2D eigenvalue weighted by molar-refractivity contribution is -0.120. The summed E-state index contributed by atoms with van der Waals surface area (Å²) in [6.45, 7) is 0.282. The van der Waals surface area contributed by atoms with Gasteiger partial charge in [-0.15, -0.1) is 0 Å². The predicted octanol–water partition coefficient (Wildman–Crippen LogP) is 0.143. The number of anilines is 1. The lowest BCUT2D eigenvalue weighted by Crippen LogP contribution is -2.29. The van der Waals surface area contributed by atoms with E-state index in [0.29, 0.717) is 17.0 Å². The third-order valence-electron chi connectivity index (χ3n) is 2.41. The number of carbonyl (C=O) groups excluding carboxylic acids is 2. The molecule has 0 bridgehead atoms. The molecule has 4 N–H and O–H groups in total. The van der Waals surface area contributed by atoms with Crippen molar-refractivity contribution in [3.8, 4) is 5.75 Å². The molecule has 0 heterocycles. The van der Waals surface area contributed by atoms with Gasteiger partial charge in [0.05, 0.1) is 12.8 Å². The van der Waals surface area contributed by atoms with Crippen LogP contribution in [0.25, 0.3) is 0 Å². The molecule has 1 aromatic carbocycles. The number of carbonyl (C=O) groups is 2. The third-order valence-corrected chi connectivity index (χ3v) is 2.41. The van der Waals surface area contributed by atoms with Crippen molar-refractivity contribution in [1.29, 1.82) is 0 Å². The van der Waals surface area contributed by atoms with E-state index in [2.05, 4.69) is 10.6 Å². The quantitative estimate of drug-likeness (QED) is 0.649. The van der Waals surface area contributed by atoms with Crippen LogP contribution in [-0.4, -0.2) is 32.5 Å². The summed E-state index contributed by atoms with van der Waals surface area (Å²) in [6, 6.07) is 4.78. The molecule has 0 radical (unpaired) electrons. The van der Waals surface area contributed by atoms with Gasteiger partial charge in [0.2, 0.25) is 5.91 Å². The third kappa shape index (κ3) is 3.65. The Morgan fingerprint density at radius 3 is 2.67 bits per heavy atom. The Labute approximate surface area is 105 Å². The zero-order chi connectivity index (χ0) is 13.5.